The maximum Gasteiger partial charge on any atom is 0.338 e. The smallest absolute Gasteiger partial charge is 0.338 e. The molecule has 0 unspecified atom stereocenters. The highest BCUT2D eigenvalue weighted by Gasteiger charge is 2.20. The first kappa shape index (κ1) is 21.1. The van der Waals surface area contributed by atoms with Crippen LogP contribution in [-0.2, 0) is 9.53 Å². The zero-order valence-corrected chi connectivity index (χ0v) is 16.5. The number of anilines is 1. The number of aromatic nitrogens is 2. The molecule has 0 aliphatic heterocycles. The molecule has 28 heavy (non-hydrogen) atoms. The van der Waals surface area contributed by atoms with Crippen molar-refractivity contribution in [1.82, 2.24) is 10.2 Å². The lowest BCUT2D eigenvalue weighted by atomic mass is 10.2. The van der Waals surface area contributed by atoms with Crippen molar-refractivity contribution in [3.05, 3.63) is 29.5 Å². The Bertz CT molecular complexity index is 791. The second kappa shape index (κ2) is 10.2. The first-order valence-electron chi connectivity index (χ1n) is 9.03. The molecule has 0 atom stereocenters. The number of ether oxygens (including phenoxy) is 4. The quantitative estimate of drug-likeness (QED) is 0.599. The van der Waals surface area contributed by atoms with Crippen molar-refractivity contribution in [1.29, 1.82) is 0 Å². The molecule has 0 aliphatic carbocycles. The first-order chi connectivity index (χ1) is 13.5. The highest BCUT2D eigenvalue weighted by atomic mass is 16.5. The number of esters is 1. The van der Waals surface area contributed by atoms with Crippen LogP contribution in [-0.4, -0.2) is 48.5 Å². The fourth-order valence-electron chi connectivity index (χ4n) is 2.38. The van der Waals surface area contributed by atoms with Crippen LogP contribution in [0.4, 0.5) is 5.82 Å². The maximum absolute atomic E-state index is 12.4. The predicted octanol–water partition coefficient (Wildman–Crippen LogP) is 2.71. The molecule has 0 bridgehead atoms. The molecule has 9 heteroatoms. The van der Waals surface area contributed by atoms with E-state index in [4.69, 9.17) is 18.9 Å². The van der Waals surface area contributed by atoms with E-state index in [0.717, 1.165) is 5.69 Å². The summed E-state index contributed by atoms with van der Waals surface area (Å²) in [5, 5.41) is 9.12. The van der Waals surface area contributed by atoms with Crippen LogP contribution in [0.25, 0.3) is 0 Å². The number of carbonyl (C=O) groups is 2. The second-order valence-corrected chi connectivity index (χ2v) is 5.66. The Balaban J connectivity index is 2.11. The molecule has 9 nitrogen and oxygen atoms in total. The topological polar surface area (TPSA) is 112 Å². The van der Waals surface area contributed by atoms with Crippen molar-refractivity contribution >= 4 is 17.7 Å². The first-order valence-corrected chi connectivity index (χ1v) is 9.03. The Morgan fingerprint density at radius 1 is 1.00 bits per heavy atom. The summed E-state index contributed by atoms with van der Waals surface area (Å²) in [5.74, 6) is 0.350. The molecule has 0 radical (unpaired) electrons. The summed E-state index contributed by atoms with van der Waals surface area (Å²) in [7, 11) is 0. The standard InChI is InChI=1S/C19H25N3O6/c1-5-25-14-9-13(10-15(26-6-2)18(14)27-7-3)19(24)28-11-17(23)20-16-8-12(4)21-22-16/h8-10H,5-7,11H2,1-4H3,(H2,20,21,22,23). The van der Waals surface area contributed by atoms with Gasteiger partial charge in [0.05, 0.1) is 25.4 Å². The van der Waals surface area contributed by atoms with Crippen LogP contribution in [0.1, 0.15) is 36.8 Å². The van der Waals surface area contributed by atoms with Crippen LogP contribution < -0.4 is 19.5 Å². The average molecular weight is 391 g/mol. The fourth-order valence-corrected chi connectivity index (χ4v) is 2.38. The van der Waals surface area contributed by atoms with Crippen LogP contribution in [0.2, 0.25) is 0 Å². The molecule has 1 aromatic heterocycles. The van der Waals surface area contributed by atoms with Gasteiger partial charge in [0.15, 0.2) is 23.9 Å². The largest absolute Gasteiger partial charge is 0.490 e. The monoisotopic (exact) mass is 391 g/mol. The van der Waals surface area contributed by atoms with Gasteiger partial charge in [0.25, 0.3) is 5.91 Å². The Morgan fingerprint density at radius 2 is 1.61 bits per heavy atom. The van der Waals surface area contributed by atoms with E-state index in [2.05, 4.69) is 15.5 Å². The zero-order chi connectivity index (χ0) is 20.5. The van der Waals surface area contributed by atoms with Gasteiger partial charge in [-0.1, -0.05) is 0 Å². The van der Waals surface area contributed by atoms with Crippen molar-refractivity contribution in [3.63, 3.8) is 0 Å². The highest BCUT2D eigenvalue weighted by Crippen LogP contribution is 2.39. The lowest BCUT2D eigenvalue weighted by Crippen LogP contribution is -2.21. The summed E-state index contributed by atoms with van der Waals surface area (Å²) >= 11 is 0. The minimum atomic E-state index is -0.682. The Hall–Kier alpha value is -3.23. The number of nitrogens with zero attached hydrogens (tertiary/aromatic N) is 1. The van der Waals surface area contributed by atoms with Gasteiger partial charge < -0.3 is 24.3 Å². The van der Waals surface area contributed by atoms with Gasteiger partial charge in [0.2, 0.25) is 5.75 Å². The summed E-state index contributed by atoms with van der Waals surface area (Å²) in [6, 6.07) is 4.68. The summed E-state index contributed by atoms with van der Waals surface area (Å²) in [6.07, 6.45) is 0. The third kappa shape index (κ3) is 5.63. The number of aromatic amines is 1. The normalized spacial score (nSPS) is 10.3. The molecule has 0 fully saturated rings. The number of nitrogens with one attached hydrogen (secondary N) is 2. The van der Waals surface area contributed by atoms with Gasteiger partial charge in [-0.15, -0.1) is 0 Å². The molecule has 0 saturated heterocycles. The molecule has 2 rings (SSSR count). The molecule has 0 spiro atoms. The molecule has 1 heterocycles. The van der Waals surface area contributed by atoms with E-state index in [-0.39, 0.29) is 5.56 Å². The Kier molecular flexibility index (Phi) is 7.67. The molecular formula is C19H25N3O6. The van der Waals surface area contributed by atoms with Gasteiger partial charge >= 0.3 is 5.97 Å². The summed E-state index contributed by atoms with van der Waals surface area (Å²) < 4.78 is 21.8. The van der Waals surface area contributed by atoms with Crippen molar-refractivity contribution in [3.8, 4) is 17.2 Å². The van der Waals surface area contributed by atoms with Crippen molar-refractivity contribution in [2.75, 3.05) is 31.7 Å². The number of rotatable bonds is 10. The lowest BCUT2D eigenvalue weighted by Gasteiger charge is -2.16. The van der Waals surface area contributed by atoms with Gasteiger partial charge in [-0.3, -0.25) is 9.89 Å². The van der Waals surface area contributed by atoms with E-state index in [1.54, 1.807) is 13.0 Å². The molecule has 0 aliphatic rings. The Morgan fingerprint density at radius 3 is 2.11 bits per heavy atom. The van der Waals surface area contributed by atoms with E-state index in [1.807, 2.05) is 20.8 Å². The number of hydrogen-bond acceptors (Lipinski definition) is 7. The molecule has 1 aromatic carbocycles. The van der Waals surface area contributed by atoms with Gasteiger partial charge in [0, 0.05) is 11.8 Å². The number of hydrogen-bond donors (Lipinski definition) is 2. The molecular weight excluding hydrogens is 366 g/mol. The van der Waals surface area contributed by atoms with Crippen LogP contribution in [0, 0.1) is 6.92 Å². The summed E-state index contributed by atoms with van der Waals surface area (Å²) in [4.78, 5) is 24.3. The lowest BCUT2D eigenvalue weighted by molar-refractivity contribution is -0.119. The SMILES string of the molecule is CCOc1cc(C(=O)OCC(=O)Nc2cc(C)[nH]n2)cc(OCC)c1OCC. The zero-order valence-electron chi connectivity index (χ0n) is 16.5. The highest BCUT2D eigenvalue weighted by molar-refractivity contribution is 5.95. The van der Waals surface area contributed by atoms with Crippen LogP contribution in [0.15, 0.2) is 18.2 Å². The summed E-state index contributed by atoms with van der Waals surface area (Å²) in [6.45, 7) is 8.02. The predicted molar refractivity (Wildman–Crippen MR) is 102 cm³/mol. The van der Waals surface area contributed by atoms with E-state index in [0.29, 0.717) is 42.9 Å². The minimum absolute atomic E-state index is 0.193. The Labute approximate surface area is 163 Å². The van der Waals surface area contributed by atoms with Gasteiger partial charge in [-0.05, 0) is 39.8 Å². The van der Waals surface area contributed by atoms with Crippen LogP contribution >= 0.6 is 0 Å². The molecule has 2 aromatic rings. The van der Waals surface area contributed by atoms with Gasteiger partial charge in [0.1, 0.15) is 0 Å². The third-order valence-electron chi connectivity index (χ3n) is 3.45. The average Bonchev–Trinajstić information content (AvgIpc) is 3.07. The van der Waals surface area contributed by atoms with Crippen molar-refractivity contribution < 1.29 is 28.5 Å². The third-order valence-corrected chi connectivity index (χ3v) is 3.45. The number of H-pyrrole nitrogens is 1. The van der Waals surface area contributed by atoms with E-state index >= 15 is 0 Å². The number of carbonyl (C=O) groups excluding carboxylic acids is 2. The second-order valence-electron chi connectivity index (χ2n) is 5.66. The van der Waals surface area contributed by atoms with Crippen LogP contribution in [0.5, 0.6) is 17.2 Å². The van der Waals surface area contributed by atoms with Crippen molar-refractivity contribution in [2.24, 2.45) is 0 Å². The van der Waals surface area contributed by atoms with Crippen molar-refractivity contribution in [2.45, 2.75) is 27.7 Å². The molecule has 2 N–H and O–H groups in total. The van der Waals surface area contributed by atoms with E-state index < -0.39 is 18.5 Å². The molecule has 1 amide bonds. The van der Waals surface area contributed by atoms with Gasteiger partial charge in [-0.2, -0.15) is 5.10 Å². The number of aryl methyl sites for hydroxylation is 1. The van der Waals surface area contributed by atoms with Crippen LogP contribution in [0.3, 0.4) is 0 Å². The number of benzene rings is 1. The molecule has 0 saturated carbocycles. The molecule has 152 valence electrons. The minimum Gasteiger partial charge on any atom is -0.490 e. The van der Waals surface area contributed by atoms with E-state index in [1.165, 1.54) is 12.1 Å². The maximum atomic E-state index is 12.4. The van der Waals surface area contributed by atoms with E-state index in [9.17, 15) is 9.59 Å². The summed E-state index contributed by atoms with van der Waals surface area (Å²) in [5.41, 5.74) is 0.993. The van der Waals surface area contributed by atoms with Gasteiger partial charge in [-0.25, -0.2) is 4.79 Å². The number of amides is 1. The fraction of sp³-hybridized carbons (Fsp3) is 0.421.